The fraction of sp³-hybridized carbons (Fsp3) is 0.929. The molecule has 0 bridgehead atoms. The van der Waals surface area contributed by atoms with E-state index in [0.29, 0.717) is 19.6 Å². The lowest BCUT2D eigenvalue weighted by atomic mass is 9.74. The molecule has 2 rings (SSSR count). The Kier molecular flexibility index (Phi) is 5.60. The quantitative estimate of drug-likeness (QED) is 0.677. The van der Waals surface area contributed by atoms with Gasteiger partial charge in [0.05, 0.1) is 19.8 Å². The first kappa shape index (κ1) is 14.8. The normalized spacial score (nSPS) is 26.9. The maximum atomic E-state index is 11.9. The molecular formula is C14H26N2O3. The topological polar surface area (TPSA) is 70.6 Å². The summed E-state index contributed by atoms with van der Waals surface area (Å²) < 4.78 is 5.34. The van der Waals surface area contributed by atoms with E-state index in [0.717, 1.165) is 38.8 Å². The van der Waals surface area contributed by atoms with Crippen LogP contribution in [0.5, 0.6) is 0 Å². The SMILES string of the molecule is O=C(CC1COCCN1)NCC1(CO)CCCCC1. The van der Waals surface area contributed by atoms with Gasteiger partial charge < -0.3 is 20.5 Å². The zero-order chi connectivity index (χ0) is 13.6. The van der Waals surface area contributed by atoms with Crippen LogP contribution in [0.1, 0.15) is 38.5 Å². The largest absolute Gasteiger partial charge is 0.396 e. The van der Waals surface area contributed by atoms with E-state index in [-0.39, 0.29) is 24.0 Å². The molecule has 5 heteroatoms. The maximum absolute atomic E-state index is 11.9. The average Bonchev–Trinajstić information content (AvgIpc) is 2.47. The second-order valence-corrected chi connectivity index (χ2v) is 5.93. The van der Waals surface area contributed by atoms with E-state index in [9.17, 15) is 9.90 Å². The Labute approximate surface area is 115 Å². The Morgan fingerprint density at radius 3 is 2.79 bits per heavy atom. The van der Waals surface area contributed by atoms with Crippen LogP contribution in [-0.4, -0.2) is 50.0 Å². The number of amides is 1. The van der Waals surface area contributed by atoms with Gasteiger partial charge in [-0.2, -0.15) is 0 Å². The van der Waals surface area contributed by atoms with Crippen LogP contribution in [0.4, 0.5) is 0 Å². The number of aliphatic hydroxyl groups is 1. The van der Waals surface area contributed by atoms with E-state index in [1.54, 1.807) is 0 Å². The zero-order valence-corrected chi connectivity index (χ0v) is 11.6. The summed E-state index contributed by atoms with van der Waals surface area (Å²) in [6.07, 6.45) is 6.08. The molecule has 0 aromatic heterocycles. The highest BCUT2D eigenvalue weighted by atomic mass is 16.5. The van der Waals surface area contributed by atoms with Gasteiger partial charge in [-0.15, -0.1) is 0 Å². The van der Waals surface area contributed by atoms with Crippen molar-refractivity contribution in [3.05, 3.63) is 0 Å². The molecule has 3 N–H and O–H groups in total. The van der Waals surface area contributed by atoms with Crippen LogP contribution < -0.4 is 10.6 Å². The molecule has 1 atom stereocenters. The molecule has 0 aromatic carbocycles. The number of aliphatic hydroxyl groups excluding tert-OH is 1. The molecule has 0 radical (unpaired) electrons. The predicted octanol–water partition coefficient (Wildman–Crippen LogP) is 0.424. The first-order chi connectivity index (χ1) is 9.24. The zero-order valence-electron chi connectivity index (χ0n) is 11.6. The van der Waals surface area contributed by atoms with Crippen molar-refractivity contribution >= 4 is 5.91 Å². The van der Waals surface area contributed by atoms with Gasteiger partial charge in [-0.25, -0.2) is 0 Å². The average molecular weight is 270 g/mol. The molecule has 1 aliphatic carbocycles. The fourth-order valence-electron chi connectivity index (χ4n) is 3.03. The third kappa shape index (κ3) is 4.44. The maximum Gasteiger partial charge on any atom is 0.221 e. The fourth-order valence-corrected chi connectivity index (χ4v) is 3.03. The number of ether oxygens (including phenoxy) is 1. The Bertz CT molecular complexity index is 284. The molecule has 1 heterocycles. The van der Waals surface area contributed by atoms with E-state index in [4.69, 9.17) is 4.74 Å². The van der Waals surface area contributed by atoms with Crippen molar-refractivity contribution in [2.75, 3.05) is 32.9 Å². The summed E-state index contributed by atoms with van der Waals surface area (Å²) in [5, 5.41) is 15.9. The molecule has 0 aromatic rings. The number of morpholine rings is 1. The van der Waals surface area contributed by atoms with Gasteiger partial charge in [0.2, 0.25) is 5.91 Å². The van der Waals surface area contributed by atoms with Gasteiger partial charge in [0, 0.05) is 31.0 Å². The number of rotatable bonds is 5. The second-order valence-electron chi connectivity index (χ2n) is 5.93. The molecule has 1 aliphatic heterocycles. The summed E-state index contributed by atoms with van der Waals surface area (Å²) in [4.78, 5) is 11.9. The van der Waals surface area contributed by atoms with Crippen molar-refractivity contribution in [3.8, 4) is 0 Å². The molecule has 5 nitrogen and oxygen atoms in total. The molecule has 2 aliphatic rings. The van der Waals surface area contributed by atoms with Crippen molar-refractivity contribution < 1.29 is 14.6 Å². The third-order valence-corrected chi connectivity index (χ3v) is 4.34. The van der Waals surface area contributed by atoms with Crippen LogP contribution in [-0.2, 0) is 9.53 Å². The first-order valence-electron chi connectivity index (χ1n) is 7.43. The predicted molar refractivity (Wildman–Crippen MR) is 72.8 cm³/mol. The summed E-state index contributed by atoms with van der Waals surface area (Å²) in [6, 6.07) is 0.130. The Morgan fingerprint density at radius 2 is 2.16 bits per heavy atom. The van der Waals surface area contributed by atoms with Crippen molar-refractivity contribution in [2.45, 2.75) is 44.6 Å². The Hall–Kier alpha value is -0.650. The number of carbonyl (C=O) groups is 1. The summed E-state index contributed by atoms with van der Waals surface area (Å²) in [5.41, 5.74) is -0.0790. The van der Waals surface area contributed by atoms with E-state index >= 15 is 0 Å². The van der Waals surface area contributed by atoms with Crippen LogP contribution in [0, 0.1) is 5.41 Å². The van der Waals surface area contributed by atoms with Gasteiger partial charge in [-0.1, -0.05) is 19.3 Å². The molecule has 110 valence electrons. The Balaban J connectivity index is 1.72. The molecular weight excluding hydrogens is 244 g/mol. The van der Waals surface area contributed by atoms with Crippen molar-refractivity contribution in [2.24, 2.45) is 5.41 Å². The molecule has 2 fully saturated rings. The highest BCUT2D eigenvalue weighted by molar-refractivity contribution is 5.76. The molecule has 0 spiro atoms. The molecule has 1 saturated heterocycles. The minimum atomic E-state index is -0.0790. The number of hydrogen-bond donors (Lipinski definition) is 3. The highest BCUT2D eigenvalue weighted by Gasteiger charge is 2.31. The minimum Gasteiger partial charge on any atom is -0.396 e. The summed E-state index contributed by atoms with van der Waals surface area (Å²) in [6.45, 7) is 2.94. The first-order valence-corrected chi connectivity index (χ1v) is 7.43. The van der Waals surface area contributed by atoms with Gasteiger partial charge in [0.15, 0.2) is 0 Å². The smallest absolute Gasteiger partial charge is 0.221 e. The van der Waals surface area contributed by atoms with Crippen molar-refractivity contribution in [1.29, 1.82) is 0 Å². The summed E-state index contributed by atoms with van der Waals surface area (Å²) in [7, 11) is 0. The van der Waals surface area contributed by atoms with Gasteiger partial charge in [-0.3, -0.25) is 4.79 Å². The standard InChI is InChI=1S/C14H26N2O3/c17-11-14(4-2-1-3-5-14)10-16-13(18)8-12-9-19-7-6-15-12/h12,15,17H,1-11H2,(H,16,18). The van der Waals surface area contributed by atoms with Crippen molar-refractivity contribution in [3.63, 3.8) is 0 Å². The van der Waals surface area contributed by atoms with Crippen molar-refractivity contribution in [1.82, 2.24) is 10.6 Å². The second kappa shape index (κ2) is 7.22. The summed E-state index contributed by atoms with van der Waals surface area (Å²) in [5.74, 6) is 0.0569. The number of nitrogens with one attached hydrogen (secondary N) is 2. The minimum absolute atomic E-state index is 0.0569. The lowest BCUT2D eigenvalue weighted by molar-refractivity contribution is -0.123. The molecule has 1 saturated carbocycles. The molecule has 19 heavy (non-hydrogen) atoms. The van der Waals surface area contributed by atoms with Gasteiger partial charge in [-0.05, 0) is 12.8 Å². The third-order valence-electron chi connectivity index (χ3n) is 4.34. The van der Waals surface area contributed by atoms with Crippen LogP contribution in [0.25, 0.3) is 0 Å². The lowest BCUT2D eigenvalue weighted by Gasteiger charge is -2.35. The summed E-state index contributed by atoms with van der Waals surface area (Å²) >= 11 is 0. The van der Waals surface area contributed by atoms with E-state index in [2.05, 4.69) is 10.6 Å². The van der Waals surface area contributed by atoms with Gasteiger partial charge in [0.25, 0.3) is 0 Å². The van der Waals surface area contributed by atoms with Gasteiger partial charge >= 0.3 is 0 Å². The van der Waals surface area contributed by atoms with Crippen LogP contribution in [0.2, 0.25) is 0 Å². The monoisotopic (exact) mass is 270 g/mol. The van der Waals surface area contributed by atoms with E-state index < -0.39 is 0 Å². The number of hydrogen-bond acceptors (Lipinski definition) is 4. The van der Waals surface area contributed by atoms with E-state index in [1.165, 1.54) is 6.42 Å². The van der Waals surface area contributed by atoms with Crippen LogP contribution in [0.3, 0.4) is 0 Å². The molecule has 1 unspecified atom stereocenters. The number of carbonyl (C=O) groups excluding carboxylic acids is 1. The lowest BCUT2D eigenvalue weighted by Crippen LogP contribution is -2.46. The van der Waals surface area contributed by atoms with Gasteiger partial charge in [0.1, 0.15) is 0 Å². The Morgan fingerprint density at radius 1 is 1.37 bits per heavy atom. The van der Waals surface area contributed by atoms with Crippen LogP contribution in [0.15, 0.2) is 0 Å². The highest BCUT2D eigenvalue weighted by Crippen LogP contribution is 2.35. The van der Waals surface area contributed by atoms with Crippen LogP contribution >= 0.6 is 0 Å². The molecule has 1 amide bonds. The van der Waals surface area contributed by atoms with E-state index in [1.807, 2.05) is 0 Å².